The van der Waals surface area contributed by atoms with E-state index in [1.807, 2.05) is 0 Å². The van der Waals surface area contributed by atoms with Gasteiger partial charge in [0.2, 0.25) is 0 Å². The fourth-order valence-corrected chi connectivity index (χ4v) is 3.55. The lowest BCUT2D eigenvalue weighted by atomic mass is 10.1. The van der Waals surface area contributed by atoms with Crippen molar-refractivity contribution in [2.24, 2.45) is 0 Å². The van der Waals surface area contributed by atoms with Gasteiger partial charge in [0.25, 0.3) is 0 Å². The van der Waals surface area contributed by atoms with Gasteiger partial charge in [-0.2, -0.15) is 0 Å². The normalized spacial score (nSPS) is 14.9. The highest BCUT2D eigenvalue weighted by molar-refractivity contribution is 7.09. The van der Waals surface area contributed by atoms with Crippen LogP contribution >= 0.6 is 11.3 Å². The summed E-state index contributed by atoms with van der Waals surface area (Å²) < 4.78 is 2.33. The van der Waals surface area contributed by atoms with Crippen LogP contribution in [0.1, 0.15) is 29.1 Å². The number of nitrogens with one attached hydrogen (secondary N) is 1. The van der Waals surface area contributed by atoms with Gasteiger partial charge >= 0.3 is 0 Å². The molecule has 0 aliphatic heterocycles. The van der Waals surface area contributed by atoms with E-state index in [-0.39, 0.29) is 0 Å². The summed E-state index contributed by atoms with van der Waals surface area (Å²) in [6.07, 6.45) is 4.84. The van der Waals surface area contributed by atoms with Crippen LogP contribution in [0.5, 0.6) is 0 Å². The molecule has 0 spiro atoms. The van der Waals surface area contributed by atoms with E-state index in [4.69, 9.17) is 0 Å². The van der Waals surface area contributed by atoms with Crippen LogP contribution in [0, 0.1) is 6.92 Å². The SMILES string of the molecule is Cc1csc(Cn2ccc3cccc(CNC4CC4)c32)n1. The molecule has 0 atom stereocenters. The average Bonchev–Trinajstić information content (AvgIpc) is 3.10. The molecule has 3 nitrogen and oxygen atoms in total. The maximum atomic E-state index is 4.59. The number of benzene rings is 1. The van der Waals surface area contributed by atoms with Gasteiger partial charge in [0.05, 0.1) is 12.1 Å². The highest BCUT2D eigenvalue weighted by Crippen LogP contribution is 2.24. The Hall–Kier alpha value is -1.65. The quantitative estimate of drug-likeness (QED) is 0.778. The summed E-state index contributed by atoms with van der Waals surface area (Å²) in [5, 5.41) is 8.24. The van der Waals surface area contributed by atoms with Crippen LogP contribution in [-0.2, 0) is 13.1 Å². The smallest absolute Gasteiger partial charge is 0.113 e. The second-order valence-corrected chi connectivity index (χ2v) is 6.78. The number of nitrogens with zero attached hydrogens (tertiary/aromatic N) is 2. The lowest BCUT2D eigenvalue weighted by Crippen LogP contribution is -2.16. The zero-order chi connectivity index (χ0) is 14.2. The van der Waals surface area contributed by atoms with E-state index in [0.29, 0.717) is 0 Å². The summed E-state index contributed by atoms with van der Waals surface area (Å²) >= 11 is 1.74. The van der Waals surface area contributed by atoms with E-state index in [9.17, 15) is 0 Å². The van der Waals surface area contributed by atoms with Crippen molar-refractivity contribution in [3.63, 3.8) is 0 Å². The topological polar surface area (TPSA) is 29.9 Å². The predicted octanol–water partition coefficient (Wildman–Crippen LogP) is 3.71. The van der Waals surface area contributed by atoms with Crippen LogP contribution in [0.4, 0.5) is 0 Å². The summed E-state index contributed by atoms with van der Waals surface area (Å²) in [4.78, 5) is 4.59. The summed E-state index contributed by atoms with van der Waals surface area (Å²) in [6.45, 7) is 3.88. The third kappa shape index (κ3) is 2.74. The molecule has 0 radical (unpaired) electrons. The number of hydrogen-bond acceptors (Lipinski definition) is 3. The molecule has 2 heterocycles. The summed E-state index contributed by atoms with van der Waals surface area (Å²) in [5.41, 5.74) is 3.85. The first-order chi connectivity index (χ1) is 10.3. The van der Waals surface area contributed by atoms with Gasteiger partial charge in [-0.05, 0) is 36.8 Å². The van der Waals surface area contributed by atoms with Gasteiger partial charge in [0.1, 0.15) is 5.01 Å². The van der Waals surface area contributed by atoms with Crippen LogP contribution in [0.15, 0.2) is 35.8 Å². The van der Waals surface area contributed by atoms with Crippen molar-refractivity contribution in [1.82, 2.24) is 14.9 Å². The molecular weight excluding hydrogens is 278 g/mol. The Morgan fingerprint density at radius 2 is 2.24 bits per heavy atom. The van der Waals surface area contributed by atoms with Crippen molar-refractivity contribution in [1.29, 1.82) is 0 Å². The number of aryl methyl sites for hydroxylation is 1. The molecule has 1 aliphatic rings. The maximum absolute atomic E-state index is 4.59. The number of hydrogen-bond donors (Lipinski definition) is 1. The Morgan fingerprint density at radius 1 is 1.33 bits per heavy atom. The monoisotopic (exact) mass is 297 g/mol. The second-order valence-electron chi connectivity index (χ2n) is 5.84. The molecule has 1 saturated carbocycles. The summed E-state index contributed by atoms with van der Waals surface area (Å²) in [7, 11) is 0. The molecule has 3 aromatic rings. The molecule has 0 bridgehead atoms. The lowest BCUT2D eigenvalue weighted by Gasteiger charge is -2.09. The Labute approximate surface area is 128 Å². The van der Waals surface area contributed by atoms with Crippen molar-refractivity contribution in [3.05, 3.63) is 52.1 Å². The van der Waals surface area contributed by atoms with E-state index < -0.39 is 0 Å². The molecule has 4 rings (SSSR count). The van der Waals surface area contributed by atoms with Crippen LogP contribution in [0.2, 0.25) is 0 Å². The third-order valence-corrected chi connectivity index (χ3v) is 4.95. The fourth-order valence-electron chi connectivity index (χ4n) is 2.78. The van der Waals surface area contributed by atoms with Crippen molar-refractivity contribution in [2.75, 3.05) is 0 Å². The number of fused-ring (bicyclic) bond motifs is 1. The van der Waals surface area contributed by atoms with Gasteiger partial charge in [-0.3, -0.25) is 0 Å². The zero-order valence-corrected chi connectivity index (χ0v) is 13.0. The standard InChI is InChI=1S/C17H19N3S/c1-12-11-21-16(19-12)10-20-8-7-13-3-2-4-14(17(13)20)9-18-15-5-6-15/h2-4,7-8,11,15,18H,5-6,9-10H2,1H3. The van der Waals surface area contributed by atoms with Crippen LogP contribution in [0.3, 0.4) is 0 Å². The second kappa shape index (κ2) is 5.28. The fraction of sp³-hybridized carbons (Fsp3) is 0.353. The first-order valence-corrected chi connectivity index (χ1v) is 8.39. The van der Waals surface area contributed by atoms with Crippen molar-refractivity contribution in [2.45, 2.75) is 38.9 Å². The Balaban J connectivity index is 1.67. The Morgan fingerprint density at radius 3 is 3.00 bits per heavy atom. The first-order valence-electron chi connectivity index (χ1n) is 7.51. The van der Waals surface area contributed by atoms with Crippen molar-refractivity contribution >= 4 is 22.2 Å². The van der Waals surface area contributed by atoms with E-state index in [1.54, 1.807) is 11.3 Å². The molecule has 1 aromatic carbocycles. The molecule has 2 aromatic heterocycles. The Bertz CT molecular complexity index is 767. The molecule has 108 valence electrons. The van der Waals surface area contributed by atoms with Gasteiger partial charge in [0, 0.05) is 29.9 Å². The first kappa shape index (κ1) is 13.0. The van der Waals surface area contributed by atoms with Gasteiger partial charge < -0.3 is 9.88 Å². The van der Waals surface area contributed by atoms with E-state index in [2.05, 4.69) is 57.6 Å². The number of aromatic nitrogens is 2. The van der Waals surface area contributed by atoms with Crippen molar-refractivity contribution < 1.29 is 0 Å². The molecule has 21 heavy (non-hydrogen) atoms. The van der Waals surface area contributed by atoms with Crippen LogP contribution in [0.25, 0.3) is 10.9 Å². The number of rotatable bonds is 5. The molecular formula is C17H19N3S. The summed E-state index contributed by atoms with van der Waals surface area (Å²) in [5.74, 6) is 0. The van der Waals surface area contributed by atoms with Gasteiger partial charge in [-0.15, -0.1) is 11.3 Å². The Kier molecular flexibility index (Phi) is 3.28. The molecule has 0 unspecified atom stereocenters. The highest BCUT2D eigenvalue weighted by Gasteiger charge is 2.20. The van der Waals surface area contributed by atoms with E-state index >= 15 is 0 Å². The third-order valence-electron chi connectivity index (χ3n) is 4.00. The zero-order valence-electron chi connectivity index (χ0n) is 12.2. The van der Waals surface area contributed by atoms with Gasteiger partial charge in [0.15, 0.2) is 0 Å². The van der Waals surface area contributed by atoms with E-state index in [0.717, 1.165) is 24.8 Å². The summed E-state index contributed by atoms with van der Waals surface area (Å²) in [6, 6.07) is 9.53. The lowest BCUT2D eigenvalue weighted by molar-refractivity contribution is 0.686. The molecule has 1 fully saturated rings. The van der Waals surface area contributed by atoms with Gasteiger partial charge in [-0.1, -0.05) is 18.2 Å². The molecule has 1 aliphatic carbocycles. The van der Waals surface area contributed by atoms with Crippen LogP contribution in [-0.4, -0.2) is 15.6 Å². The minimum absolute atomic E-state index is 0.741. The van der Waals surface area contributed by atoms with E-state index in [1.165, 1.54) is 34.3 Å². The minimum atomic E-state index is 0.741. The van der Waals surface area contributed by atoms with Crippen LogP contribution < -0.4 is 5.32 Å². The highest BCUT2D eigenvalue weighted by atomic mass is 32.1. The average molecular weight is 297 g/mol. The number of thiazole rings is 1. The molecule has 1 N–H and O–H groups in total. The largest absolute Gasteiger partial charge is 0.340 e. The van der Waals surface area contributed by atoms with Gasteiger partial charge in [-0.25, -0.2) is 4.98 Å². The van der Waals surface area contributed by atoms with Crippen molar-refractivity contribution in [3.8, 4) is 0 Å². The maximum Gasteiger partial charge on any atom is 0.113 e. The minimum Gasteiger partial charge on any atom is -0.340 e. The predicted molar refractivity (Wildman–Crippen MR) is 87.8 cm³/mol. The molecule has 4 heteroatoms. The molecule has 0 saturated heterocycles. The number of para-hydroxylation sites is 1. The molecule has 0 amide bonds.